The van der Waals surface area contributed by atoms with Crippen molar-refractivity contribution in [1.82, 2.24) is 25.3 Å². The van der Waals surface area contributed by atoms with Gasteiger partial charge in [0.2, 0.25) is 0 Å². The Morgan fingerprint density at radius 3 is 2.85 bits per heavy atom. The Morgan fingerprint density at radius 1 is 1.33 bits per heavy atom. The number of aromatic amines is 1. The summed E-state index contributed by atoms with van der Waals surface area (Å²) in [5.74, 6) is -0.262. The number of methoxy groups -OCH3 is 1. The number of benzene rings is 1. The van der Waals surface area contributed by atoms with Gasteiger partial charge in [-0.15, -0.1) is 0 Å². The minimum absolute atomic E-state index is 0.262. The van der Waals surface area contributed by atoms with Crippen molar-refractivity contribution in [3.8, 4) is 11.1 Å². The van der Waals surface area contributed by atoms with Gasteiger partial charge in [0.25, 0.3) is 11.5 Å². The summed E-state index contributed by atoms with van der Waals surface area (Å²) in [5, 5.41) is 13.4. The molecule has 0 radical (unpaired) electrons. The van der Waals surface area contributed by atoms with Crippen LogP contribution in [0.1, 0.15) is 27.8 Å². The normalized spacial score (nSPS) is 12.0. The molecule has 0 bridgehead atoms. The number of rotatable bonds is 6. The van der Waals surface area contributed by atoms with E-state index in [1.165, 1.54) is 0 Å². The maximum absolute atomic E-state index is 12.8. The topological polar surface area (TPSA) is 102 Å². The lowest BCUT2D eigenvalue weighted by Gasteiger charge is -2.18. The number of nitrogens with one attached hydrogen (secondary N) is 2. The molecule has 2 N–H and O–H groups in total. The maximum atomic E-state index is 12.8. The number of carbonyl (C=O) groups excluding carboxylic acids is 1. The number of aryl methyl sites for hydroxylation is 2. The molecule has 2 heterocycles. The molecule has 0 aliphatic carbocycles. The summed E-state index contributed by atoms with van der Waals surface area (Å²) in [6.07, 6.45) is 1.67. The zero-order valence-corrected chi connectivity index (χ0v) is 15.4. The van der Waals surface area contributed by atoms with Crippen LogP contribution in [0.4, 0.5) is 0 Å². The highest BCUT2D eigenvalue weighted by Gasteiger charge is 2.19. The molecule has 0 fully saturated rings. The Labute approximate surface area is 156 Å². The van der Waals surface area contributed by atoms with Crippen LogP contribution in [0.2, 0.25) is 0 Å². The Hall–Kier alpha value is -3.26. The quantitative estimate of drug-likeness (QED) is 0.689. The number of ether oxygens (including phenoxy) is 1. The molecule has 1 aromatic carbocycles. The van der Waals surface area contributed by atoms with Crippen molar-refractivity contribution in [3.63, 3.8) is 0 Å². The first-order valence-corrected chi connectivity index (χ1v) is 8.44. The molecule has 0 aliphatic rings. The molecule has 3 rings (SSSR count). The molecule has 0 spiro atoms. The number of carbonyl (C=O) groups is 1. The van der Waals surface area contributed by atoms with E-state index in [0.717, 1.165) is 5.69 Å². The summed E-state index contributed by atoms with van der Waals surface area (Å²) >= 11 is 0. The van der Waals surface area contributed by atoms with Crippen molar-refractivity contribution >= 4 is 5.91 Å². The van der Waals surface area contributed by atoms with E-state index >= 15 is 0 Å². The third-order valence-electron chi connectivity index (χ3n) is 4.22. The zero-order chi connectivity index (χ0) is 19.4. The van der Waals surface area contributed by atoms with E-state index in [2.05, 4.69) is 20.6 Å². The van der Waals surface area contributed by atoms with Crippen molar-refractivity contribution in [2.75, 3.05) is 13.7 Å². The first-order valence-electron chi connectivity index (χ1n) is 8.44. The van der Waals surface area contributed by atoms with Gasteiger partial charge in [0.1, 0.15) is 0 Å². The van der Waals surface area contributed by atoms with Gasteiger partial charge in [-0.3, -0.25) is 14.3 Å². The van der Waals surface area contributed by atoms with Crippen LogP contribution in [0, 0.1) is 6.92 Å². The highest BCUT2D eigenvalue weighted by atomic mass is 16.5. The van der Waals surface area contributed by atoms with E-state index < -0.39 is 0 Å². The smallest absolute Gasteiger partial charge is 0.272 e. The summed E-state index contributed by atoms with van der Waals surface area (Å²) in [6, 6.07) is 10.1. The van der Waals surface area contributed by atoms with E-state index in [-0.39, 0.29) is 17.5 Å². The predicted molar refractivity (Wildman–Crippen MR) is 100 cm³/mol. The molecule has 8 nitrogen and oxygen atoms in total. The van der Waals surface area contributed by atoms with Crippen LogP contribution in [-0.4, -0.2) is 39.6 Å². The minimum Gasteiger partial charge on any atom is -0.382 e. The lowest BCUT2D eigenvalue weighted by atomic mass is 10.0. The maximum Gasteiger partial charge on any atom is 0.272 e. The molecule has 1 atom stereocenters. The van der Waals surface area contributed by atoms with Gasteiger partial charge < -0.3 is 10.1 Å². The molecule has 1 amide bonds. The monoisotopic (exact) mass is 367 g/mol. The van der Waals surface area contributed by atoms with Crippen molar-refractivity contribution in [1.29, 1.82) is 0 Å². The Bertz CT molecular complexity index is 1010. The van der Waals surface area contributed by atoms with Crippen LogP contribution in [-0.2, 0) is 11.8 Å². The SMILES string of the molecule is COC[C@@H](NC(=O)c1cccc(-c2cc(C)n[nH]c2=O)c1)c1ccnn1C. The Balaban J connectivity index is 1.88. The molecule has 2 aromatic heterocycles. The number of H-pyrrole nitrogens is 1. The fourth-order valence-electron chi connectivity index (χ4n) is 2.88. The van der Waals surface area contributed by atoms with Gasteiger partial charge in [-0.1, -0.05) is 12.1 Å². The molecular formula is C19H21N5O3. The van der Waals surface area contributed by atoms with E-state index in [1.807, 2.05) is 13.1 Å². The fraction of sp³-hybridized carbons (Fsp3) is 0.263. The van der Waals surface area contributed by atoms with Gasteiger partial charge in [-0.25, -0.2) is 5.10 Å². The molecule has 8 heteroatoms. The van der Waals surface area contributed by atoms with Gasteiger partial charge in [0.05, 0.1) is 29.6 Å². The van der Waals surface area contributed by atoms with Crippen molar-refractivity contribution in [2.45, 2.75) is 13.0 Å². The Kier molecular flexibility index (Phi) is 5.46. The summed E-state index contributed by atoms with van der Waals surface area (Å²) in [4.78, 5) is 24.8. The molecule has 140 valence electrons. The average Bonchev–Trinajstić information content (AvgIpc) is 3.09. The second-order valence-electron chi connectivity index (χ2n) is 6.19. The second-order valence-corrected chi connectivity index (χ2v) is 6.19. The third-order valence-corrected chi connectivity index (χ3v) is 4.22. The first-order chi connectivity index (χ1) is 13.0. The molecule has 0 saturated carbocycles. The minimum atomic E-state index is -0.342. The first kappa shape index (κ1) is 18.5. The lowest BCUT2D eigenvalue weighted by molar-refractivity contribution is 0.0892. The number of hydrogen-bond acceptors (Lipinski definition) is 5. The molecule has 3 aromatic rings. The van der Waals surface area contributed by atoms with E-state index in [1.54, 1.807) is 55.2 Å². The van der Waals surface area contributed by atoms with Gasteiger partial charge in [-0.2, -0.15) is 10.2 Å². The van der Waals surface area contributed by atoms with Gasteiger partial charge in [0.15, 0.2) is 0 Å². The molecule has 0 unspecified atom stereocenters. The molecule has 0 aliphatic heterocycles. The summed E-state index contributed by atoms with van der Waals surface area (Å²) in [6.45, 7) is 2.10. The average molecular weight is 367 g/mol. The van der Waals surface area contributed by atoms with Crippen LogP contribution < -0.4 is 10.9 Å². The third kappa shape index (κ3) is 4.12. The second kappa shape index (κ2) is 7.96. The number of hydrogen-bond donors (Lipinski definition) is 2. The van der Waals surface area contributed by atoms with Crippen LogP contribution in [0.15, 0.2) is 47.4 Å². The fourth-order valence-corrected chi connectivity index (χ4v) is 2.88. The highest BCUT2D eigenvalue weighted by Crippen LogP contribution is 2.18. The van der Waals surface area contributed by atoms with Gasteiger partial charge >= 0.3 is 0 Å². The van der Waals surface area contributed by atoms with E-state index in [9.17, 15) is 9.59 Å². The van der Waals surface area contributed by atoms with Crippen LogP contribution in [0.25, 0.3) is 11.1 Å². The van der Waals surface area contributed by atoms with Crippen LogP contribution in [0.5, 0.6) is 0 Å². The van der Waals surface area contributed by atoms with E-state index in [0.29, 0.717) is 29.0 Å². The standard InChI is InChI=1S/C19H21N5O3/c1-12-9-15(19(26)23-22-12)13-5-4-6-14(10-13)18(25)21-16(11-27-3)17-7-8-20-24(17)2/h4-10,16H,11H2,1-3H3,(H,21,25)(H,23,26)/t16-/m1/s1. The van der Waals surface area contributed by atoms with Crippen molar-refractivity contribution < 1.29 is 9.53 Å². The summed E-state index contributed by atoms with van der Waals surface area (Å²) in [5.41, 5.74) is 2.80. The van der Waals surface area contributed by atoms with Gasteiger partial charge in [0, 0.05) is 25.9 Å². The number of aromatic nitrogens is 4. The van der Waals surface area contributed by atoms with Crippen molar-refractivity contribution in [3.05, 3.63) is 69.9 Å². The van der Waals surface area contributed by atoms with Gasteiger partial charge in [-0.05, 0) is 36.8 Å². The van der Waals surface area contributed by atoms with Crippen molar-refractivity contribution in [2.24, 2.45) is 7.05 Å². The summed E-state index contributed by atoms with van der Waals surface area (Å²) < 4.78 is 6.93. The predicted octanol–water partition coefficient (Wildman–Crippen LogP) is 1.60. The summed E-state index contributed by atoms with van der Waals surface area (Å²) in [7, 11) is 3.39. The lowest BCUT2D eigenvalue weighted by Crippen LogP contribution is -2.32. The molecule has 0 saturated heterocycles. The largest absolute Gasteiger partial charge is 0.382 e. The molecule has 27 heavy (non-hydrogen) atoms. The zero-order valence-electron chi connectivity index (χ0n) is 15.4. The number of amides is 1. The Morgan fingerprint density at radius 2 is 2.15 bits per heavy atom. The van der Waals surface area contributed by atoms with Crippen LogP contribution >= 0.6 is 0 Å². The molecular weight excluding hydrogens is 346 g/mol. The number of nitrogens with zero attached hydrogens (tertiary/aromatic N) is 3. The van der Waals surface area contributed by atoms with Crippen LogP contribution in [0.3, 0.4) is 0 Å². The van der Waals surface area contributed by atoms with E-state index in [4.69, 9.17) is 4.74 Å². The highest BCUT2D eigenvalue weighted by molar-refractivity contribution is 5.95.